The third-order valence-electron chi connectivity index (χ3n) is 3.66. The largest absolute Gasteiger partial charge is 0.416 e. The molecule has 0 radical (unpaired) electrons. The molecule has 8 heteroatoms. The average Bonchev–Trinajstić information content (AvgIpc) is 3.23. The summed E-state index contributed by atoms with van der Waals surface area (Å²) in [5, 5.41) is 2.57. The Morgan fingerprint density at radius 1 is 1.24 bits per heavy atom. The van der Waals surface area contributed by atoms with Crippen LogP contribution in [-0.4, -0.2) is 29.1 Å². The number of aliphatic imine (C=N–C) groups is 1. The molecule has 1 aliphatic rings. The summed E-state index contributed by atoms with van der Waals surface area (Å²) in [5.41, 5.74) is 0.102. The summed E-state index contributed by atoms with van der Waals surface area (Å²) in [6.45, 7) is 1.12. The van der Waals surface area contributed by atoms with Gasteiger partial charge in [-0.2, -0.15) is 13.2 Å². The van der Waals surface area contributed by atoms with Crippen molar-refractivity contribution in [3.8, 4) is 0 Å². The van der Waals surface area contributed by atoms with Gasteiger partial charge in [0.15, 0.2) is 5.17 Å². The molecule has 2 aromatic rings. The molecule has 3 rings (SSSR count). The van der Waals surface area contributed by atoms with Crippen molar-refractivity contribution in [2.24, 2.45) is 4.99 Å². The summed E-state index contributed by atoms with van der Waals surface area (Å²) in [4.78, 5) is 19.4. The van der Waals surface area contributed by atoms with Gasteiger partial charge in [-0.05, 0) is 29.1 Å². The zero-order valence-corrected chi connectivity index (χ0v) is 14.8. The zero-order chi connectivity index (χ0) is 17.9. The molecule has 0 atom stereocenters. The van der Waals surface area contributed by atoms with E-state index in [0.717, 1.165) is 22.6 Å². The number of amidine groups is 1. The summed E-state index contributed by atoms with van der Waals surface area (Å²) in [5.74, 6) is 0.471. The first-order chi connectivity index (χ1) is 11.9. The predicted molar refractivity (Wildman–Crippen MR) is 94.8 cm³/mol. The first-order valence-electron chi connectivity index (χ1n) is 7.59. The van der Waals surface area contributed by atoms with Crippen molar-refractivity contribution in [3.63, 3.8) is 0 Å². The minimum atomic E-state index is -4.33. The molecule has 1 amide bonds. The number of hydrogen-bond donors (Lipinski definition) is 0. The third-order valence-corrected chi connectivity index (χ3v) is 5.62. The van der Waals surface area contributed by atoms with Crippen LogP contribution in [0.15, 0.2) is 46.8 Å². The first kappa shape index (κ1) is 18.0. The van der Waals surface area contributed by atoms with E-state index in [-0.39, 0.29) is 5.91 Å². The number of alkyl halides is 3. The quantitative estimate of drug-likeness (QED) is 0.781. The molecule has 25 heavy (non-hydrogen) atoms. The number of thiophene rings is 1. The van der Waals surface area contributed by atoms with Crippen molar-refractivity contribution in [1.82, 2.24) is 4.90 Å². The number of amides is 1. The second-order valence-corrected chi connectivity index (χ2v) is 7.42. The molecule has 0 saturated heterocycles. The fourth-order valence-electron chi connectivity index (χ4n) is 2.38. The molecule has 0 unspecified atom stereocenters. The molecule has 132 valence electrons. The van der Waals surface area contributed by atoms with Gasteiger partial charge in [0.05, 0.1) is 18.5 Å². The van der Waals surface area contributed by atoms with E-state index in [1.165, 1.54) is 35.2 Å². The maximum atomic E-state index is 12.6. The number of nitrogens with zero attached hydrogens (tertiary/aromatic N) is 2. The molecule has 1 aromatic heterocycles. The molecule has 0 saturated carbocycles. The Hall–Kier alpha value is -1.80. The van der Waals surface area contributed by atoms with Crippen LogP contribution in [0.2, 0.25) is 0 Å². The summed E-state index contributed by atoms with van der Waals surface area (Å²) in [7, 11) is 0. The SMILES string of the molecule is O=C(Cc1cccs1)N1CCN=C1SCc1ccc(C(F)(F)F)cc1. The summed E-state index contributed by atoms with van der Waals surface area (Å²) >= 11 is 2.92. The van der Waals surface area contributed by atoms with E-state index in [4.69, 9.17) is 0 Å². The lowest BCUT2D eigenvalue weighted by Crippen LogP contribution is -2.33. The summed E-state index contributed by atoms with van der Waals surface area (Å²) < 4.78 is 37.7. The number of hydrogen-bond acceptors (Lipinski definition) is 4. The highest BCUT2D eigenvalue weighted by molar-refractivity contribution is 8.13. The van der Waals surface area contributed by atoms with Gasteiger partial charge in [-0.25, -0.2) is 0 Å². The van der Waals surface area contributed by atoms with Gasteiger partial charge in [0.25, 0.3) is 0 Å². The average molecular weight is 384 g/mol. The molecule has 0 aliphatic carbocycles. The van der Waals surface area contributed by atoms with Crippen LogP contribution in [0, 0.1) is 0 Å². The second-order valence-electron chi connectivity index (χ2n) is 5.45. The van der Waals surface area contributed by atoms with Crippen LogP contribution in [0.25, 0.3) is 0 Å². The fraction of sp³-hybridized carbons (Fsp3) is 0.294. The van der Waals surface area contributed by atoms with Gasteiger partial charge in [-0.15, -0.1) is 11.3 Å². The monoisotopic (exact) mass is 384 g/mol. The lowest BCUT2D eigenvalue weighted by Gasteiger charge is -2.17. The molecule has 1 aliphatic heterocycles. The molecule has 3 nitrogen and oxygen atoms in total. The Morgan fingerprint density at radius 3 is 2.64 bits per heavy atom. The number of benzene rings is 1. The zero-order valence-electron chi connectivity index (χ0n) is 13.1. The third kappa shape index (κ3) is 4.64. The van der Waals surface area contributed by atoms with Crippen molar-refractivity contribution in [3.05, 3.63) is 57.8 Å². The van der Waals surface area contributed by atoms with Crippen LogP contribution >= 0.6 is 23.1 Å². The Labute approximate surface area is 151 Å². The molecule has 2 heterocycles. The highest BCUT2D eigenvalue weighted by atomic mass is 32.2. The van der Waals surface area contributed by atoms with Gasteiger partial charge in [0.1, 0.15) is 0 Å². The number of thioether (sulfide) groups is 1. The van der Waals surface area contributed by atoms with Crippen LogP contribution in [0.1, 0.15) is 16.0 Å². The Kier molecular flexibility index (Phi) is 5.48. The summed E-state index contributed by atoms with van der Waals surface area (Å²) in [6, 6.07) is 8.90. The van der Waals surface area contributed by atoms with Crippen LogP contribution in [-0.2, 0) is 23.1 Å². The fourth-order valence-corrected chi connectivity index (χ4v) is 4.09. The number of carbonyl (C=O) groups excluding carboxylic acids is 1. The smallest absolute Gasteiger partial charge is 0.289 e. The minimum absolute atomic E-state index is 0.00128. The van der Waals surface area contributed by atoms with Crippen molar-refractivity contribution in [1.29, 1.82) is 0 Å². The van der Waals surface area contributed by atoms with E-state index in [1.807, 2.05) is 17.5 Å². The summed E-state index contributed by atoms with van der Waals surface area (Å²) in [6.07, 6.45) is -3.98. The van der Waals surface area contributed by atoms with Crippen molar-refractivity contribution >= 4 is 34.2 Å². The first-order valence-corrected chi connectivity index (χ1v) is 9.46. The van der Waals surface area contributed by atoms with E-state index in [1.54, 1.807) is 4.90 Å². The highest BCUT2D eigenvalue weighted by Crippen LogP contribution is 2.30. The minimum Gasteiger partial charge on any atom is -0.289 e. The molecule has 0 N–H and O–H groups in total. The number of carbonyl (C=O) groups is 1. The van der Waals surface area contributed by atoms with Gasteiger partial charge >= 0.3 is 6.18 Å². The van der Waals surface area contributed by atoms with E-state index in [2.05, 4.69) is 4.99 Å². The van der Waals surface area contributed by atoms with Crippen molar-refractivity contribution in [2.75, 3.05) is 13.1 Å². The molecule has 0 bridgehead atoms. The van der Waals surface area contributed by atoms with Gasteiger partial charge in [0, 0.05) is 17.2 Å². The Bertz CT molecular complexity index is 755. The number of halogens is 3. The van der Waals surface area contributed by atoms with E-state index < -0.39 is 11.7 Å². The van der Waals surface area contributed by atoms with Crippen molar-refractivity contribution in [2.45, 2.75) is 18.3 Å². The standard InChI is InChI=1S/C17H15F3N2OS2/c18-17(19,20)13-5-3-12(4-6-13)11-25-16-21-7-8-22(16)15(23)10-14-2-1-9-24-14/h1-6,9H,7-8,10-11H2. The lowest BCUT2D eigenvalue weighted by atomic mass is 10.1. The maximum Gasteiger partial charge on any atom is 0.416 e. The van der Waals surface area contributed by atoms with Gasteiger partial charge in [-0.1, -0.05) is 30.0 Å². The van der Waals surface area contributed by atoms with E-state index >= 15 is 0 Å². The van der Waals surface area contributed by atoms with E-state index in [9.17, 15) is 18.0 Å². The normalized spacial score (nSPS) is 14.7. The van der Waals surface area contributed by atoms with Crippen LogP contribution in [0.3, 0.4) is 0 Å². The molecule has 0 fully saturated rings. The van der Waals surface area contributed by atoms with Crippen LogP contribution in [0.4, 0.5) is 13.2 Å². The van der Waals surface area contributed by atoms with E-state index in [0.29, 0.717) is 30.4 Å². The highest BCUT2D eigenvalue weighted by Gasteiger charge is 2.30. The predicted octanol–water partition coefficient (Wildman–Crippen LogP) is 4.44. The van der Waals surface area contributed by atoms with Gasteiger partial charge in [-0.3, -0.25) is 14.7 Å². The van der Waals surface area contributed by atoms with Crippen LogP contribution < -0.4 is 0 Å². The Balaban J connectivity index is 1.57. The maximum absolute atomic E-state index is 12.6. The van der Waals surface area contributed by atoms with Gasteiger partial charge < -0.3 is 0 Å². The topological polar surface area (TPSA) is 32.7 Å². The second kappa shape index (κ2) is 7.61. The molecule has 1 aromatic carbocycles. The van der Waals surface area contributed by atoms with Crippen molar-refractivity contribution < 1.29 is 18.0 Å². The van der Waals surface area contributed by atoms with Crippen LogP contribution in [0.5, 0.6) is 0 Å². The lowest BCUT2D eigenvalue weighted by molar-refractivity contribution is -0.137. The molecule has 0 spiro atoms. The molecular formula is C17H15F3N2OS2. The van der Waals surface area contributed by atoms with Gasteiger partial charge in [0.2, 0.25) is 5.91 Å². The molecular weight excluding hydrogens is 369 g/mol. The Morgan fingerprint density at radius 2 is 2.00 bits per heavy atom. The number of rotatable bonds is 4.